The Morgan fingerprint density at radius 1 is 1.25 bits per heavy atom. The average Bonchev–Trinajstić information content (AvgIpc) is 3.02. The van der Waals surface area contributed by atoms with E-state index in [0.717, 1.165) is 34.5 Å². The van der Waals surface area contributed by atoms with Crippen molar-refractivity contribution in [2.75, 3.05) is 6.54 Å². The van der Waals surface area contributed by atoms with Gasteiger partial charge in [0.15, 0.2) is 11.7 Å². The average molecular weight is 349 g/mol. The third-order valence-corrected chi connectivity index (χ3v) is 3.88. The Labute approximate surface area is 148 Å². The minimum atomic E-state index is 0.112. The van der Waals surface area contributed by atoms with E-state index in [4.69, 9.17) is 16.1 Å². The Morgan fingerprint density at radius 2 is 1.96 bits per heavy atom. The summed E-state index contributed by atoms with van der Waals surface area (Å²) < 4.78 is 5.33. The molecule has 1 atom stereocenters. The van der Waals surface area contributed by atoms with Crippen molar-refractivity contribution in [1.82, 2.24) is 15.8 Å². The van der Waals surface area contributed by atoms with Crippen LogP contribution in [0.5, 0.6) is 0 Å². The molecule has 2 N–H and O–H groups in total. The van der Waals surface area contributed by atoms with Gasteiger partial charge in [0.2, 0.25) is 0 Å². The topological polar surface area (TPSA) is 62.5 Å². The number of hydrogen-bond donors (Lipinski definition) is 2. The van der Waals surface area contributed by atoms with Gasteiger partial charge in [0, 0.05) is 17.6 Å². The minimum Gasteiger partial charge on any atom is -0.359 e. The van der Waals surface area contributed by atoms with Crippen molar-refractivity contribution in [2.45, 2.75) is 46.2 Å². The number of halogens is 1. The Morgan fingerprint density at radius 3 is 2.54 bits per heavy atom. The second-order valence-electron chi connectivity index (χ2n) is 5.99. The molecule has 130 valence electrons. The quantitative estimate of drug-likeness (QED) is 0.604. The summed E-state index contributed by atoms with van der Waals surface area (Å²) in [6, 6.07) is 9.87. The second kappa shape index (κ2) is 8.73. The van der Waals surface area contributed by atoms with E-state index in [1.54, 1.807) is 0 Å². The SMILES string of the molecule is CCNC(=NCc1cc(C(C)C)no1)NC(C)c1ccc(Cl)cc1. The molecule has 1 aromatic heterocycles. The standard InChI is InChI=1S/C18H25ClN4O/c1-5-20-18(21-11-16-10-17(12(2)3)23-24-16)22-13(4)14-6-8-15(19)9-7-14/h6-10,12-13H,5,11H2,1-4H3,(H2,20,21,22). The van der Waals surface area contributed by atoms with Crippen LogP contribution in [0.2, 0.25) is 5.02 Å². The molecular weight excluding hydrogens is 324 g/mol. The molecule has 5 nitrogen and oxygen atoms in total. The fraction of sp³-hybridized carbons (Fsp3) is 0.444. The highest BCUT2D eigenvalue weighted by molar-refractivity contribution is 6.30. The monoisotopic (exact) mass is 348 g/mol. The van der Waals surface area contributed by atoms with Crippen LogP contribution in [-0.2, 0) is 6.54 Å². The van der Waals surface area contributed by atoms with Crippen molar-refractivity contribution >= 4 is 17.6 Å². The predicted molar refractivity (Wildman–Crippen MR) is 98.4 cm³/mol. The van der Waals surface area contributed by atoms with E-state index in [0.29, 0.717) is 12.5 Å². The fourth-order valence-electron chi connectivity index (χ4n) is 2.19. The molecule has 0 spiro atoms. The zero-order chi connectivity index (χ0) is 17.5. The van der Waals surface area contributed by atoms with E-state index in [-0.39, 0.29) is 6.04 Å². The molecule has 0 radical (unpaired) electrons. The number of aliphatic imine (C=N–C) groups is 1. The summed E-state index contributed by atoms with van der Waals surface area (Å²) in [5, 5.41) is 11.4. The molecule has 2 rings (SSSR count). The van der Waals surface area contributed by atoms with Crippen LogP contribution >= 0.6 is 11.6 Å². The van der Waals surface area contributed by atoms with Crippen LogP contribution in [-0.4, -0.2) is 17.7 Å². The summed E-state index contributed by atoms with van der Waals surface area (Å²) in [5.41, 5.74) is 2.10. The van der Waals surface area contributed by atoms with Gasteiger partial charge >= 0.3 is 0 Å². The molecule has 0 aliphatic heterocycles. The van der Waals surface area contributed by atoms with Crippen molar-refractivity contribution < 1.29 is 4.52 Å². The number of benzene rings is 1. The van der Waals surface area contributed by atoms with E-state index < -0.39 is 0 Å². The van der Waals surface area contributed by atoms with Crippen LogP contribution in [0.3, 0.4) is 0 Å². The van der Waals surface area contributed by atoms with Gasteiger partial charge in [-0.15, -0.1) is 0 Å². The number of nitrogens with zero attached hydrogens (tertiary/aromatic N) is 2. The maximum atomic E-state index is 5.94. The summed E-state index contributed by atoms with van der Waals surface area (Å²) in [7, 11) is 0. The van der Waals surface area contributed by atoms with Gasteiger partial charge in [-0.1, -0.05) is 42.7 Å². The lowest BCUT2D eigenvalue weighted by atomic mass is 10.1. The summed E-state index contributed by atoms with van der Waals surface area (Å²) in [6.45, 7) is 9.53. The normalized spacial score (nSPS) is 13.2. The third-order valence-electron chi connectivity index (χ3n) is 3.63. The van der Waals surface area contributed by atoms with Crippen molar-refractivity contribution in [2.24, 2.45) is 4.99 Å². The maximum Gasteiger partial charge on any atom is 0.192 e. The van der Waals surface area contributed by atoms with Gasteiger partial charge in [-0.25, -0.2) is 4.99 Å². The van der Waals surface area contributed by atoms with Crippen LogP contribution in [0.15, 0.2) is 39.8 Å². The van der Waals surface area contributed by atoms with Crippen LogP contribution in [0.1, 0.15) is 56.7 Å². The van der Waals surface area contributed by atoms with Crippen molar-refractivity contribution in [3.63, 3.8) is 0 Å². The van der Waals surface area contributed by atoms with E-state index in [1.807, 2.05) is 37.3 Å². The molecule has 1 unspecified atom stereocenters. The lowest BCUT2D eigenvalue weighted by Gasteiger charge is -2.18. The summed E-state index contributed by atoms with van der Waals surface area (Å²) >= 11 is 5.94. The first-order chi connectivity index (χ1) is 11.5. The fourth-order valence-corrected chi connectivity index (χ4v) is 2.32. The molecule has 0 bridgehead atoms. The zero-order valence-electron chi connectivity index (χ0n) is 14.6. The predicted octanol–water partition coefficient (Wildman–Crippen LogP) is 4.27. The largest absolute Gasteiger partial charge is 0.359 e. The first-order valence-electron chi connectivity index (χ1n) is 8.25. The number of aromatic nitrogens is 1. The van der Waals surface area contributed by atoms with Crippen LogP contribution in [0, 0.1) is 0 Å². The first-order valence-corrected chi connectivity index (χ1v) is 8.63. The van der Waals surface area contributed by atoms with Gasteiger partial charge < -0.3 is 15.2 Å². The van der Waals surface area contributed by atoms with E-state index in [1.165, 1.54) is 0 Å². The maximum absolute atomic E-state index is 5.94. The van der Waals surface area contributed by atoms with Crippen LogP contribution in [0.4, 0.5) is 0 Å². The van der Waals surface area contributed by atoms with Crippen LogP contribution < -0.4 is 10.6 Å². The van der Waals surface area contributed by atoms with Gasteiger partial charge in [-0.3, -0.25) is 0 Å². The Kier molecular flexibility index (Phi) is 6.67. The molecule has 0 aliphatic carbocycles. The van der Waals surface area contributed by atoms with Gasteiger partial charge in [-0.2, -0.15) is 0 Å². The summed E-state index contributed by atoms with van der Waals surface area (Å²) in [6.07, 6.45) is 0. The second-order valence-corrected chi connectivity index (χ2v) is 6.42. The van der Waals surface area contributed by atoms with Gasteiger partial charge in [0.05, 0.1) is 11.7 Å². The molecule has 2 aromatic rings. The van der Waals surface area contributed by atoms with Gasteiger partial charge in [0.1, 0.15) is 6.54 Å². The highest BCUT2D eigenvalue weighted by Crippen LogP contribution is 2.16. The Balaban J connectivity index is 2.02. The Hall–Kier alpha value is -2.01. The lowest BCUT2D eigenvalue weighted by molar-refractivity contribution is 0.376. The van der Waals surface area contributed by atoms with Crippen molar-refractivity contribution in [3.8, 4) is 0 Å². The Bertz CT molecular complexity index is 664. The van der Waals surface area contributed by atoms with E-state index in [2.05, 4.69) is 41.6 Å². The third kappa shape index (κ3) is 5.27. The highest BCUT2D eigenvalue weighted by atomic mass is 35.5. The van der Waals surface area contributed by atoms with Gasteiger partial charge in [-0.05, 0) is 37.5 Å². The molecular formula is C18H25ClN4O. The van der Waals surface area contributed by atoms with Crippen molar-refractivity contribution in [1.29, 1.82) is 0 Å². The molecule has 0 amide bonds. The zero-order valence-corrected chi connectivity index (χ0v) is 15.4. The van der Waals surface area contributed by atoms with E-state index in [9.17, 15) is 0 Å². The highest BCUT2D eigenvalue weighted by Gasteiger charge is 2.10. The van der Waals surface area contributed by atoms with Crippen LogP contribution in [0.25, 0.3) is 0 Å². The molecule has 0 saturated heterocycles. The smallest absolute Gasteiger partial charge is 0.192 e. The molecule has 0 saturated carbocycles. The molecule has 6 heteroatoms. The van der Waals surface area contributed by atoms with Crippen molar-refractivity contribution in [3.05, 3.63) is 52.4 Å². The number of nitrogens with one attached hydrogen (secondary N) is 2. The molecule has 1 aromatic carbocycles. The van der Waals surface area contributed by atoms with E-state index >= 15 is 0 Å². The minimum absolute atomic E-state index is 0.112. The molecule has 0 fully saturated rings. The number of rotatable bonds is 6. The summed E-state index contributed by atoms with van der Waals surface area (Å²) in [5.74, 6) is 1.85. The summed E-state index contributed by atoms with van der Waals surface area (Å²) in [4.78, 5) is 4.57. The molecule has 24 heavy (non-hydrogen) atoms. The van der Waals surface area contributed by atoms with Gasteiger partial charge in [0.25, 0.3) is 0 Å². The molecule has 1 heterocycles. The lowest BCUT2D eigenvalue weighted by Crippen LogP contribution is -2.38. The first kappa shape index (κ1) is 18.3. The number of hydrogen-bond acceptors (Lipinski definition) is 3. The number of guanidine groups is 1. The molecule has 0 aliphatic rings.